The number of hydrogen-bond acceptors (Lipinski definition) is 1. The minimum Gasteiger partial charge on any atom is -0.357 e. The Balaban J connectivity index is 2.51. The number of hydrogen-bond donors (Lipinski definition) is 2. The summed E-state index contributed by atoms with van der Waals surface area (Å²) >= 11 is 7.41. The van der Waals surface area contributed by atoms with Crippen molar-refractivity contribution < 1.29 is 0 Å². The zero-order valence-electron chi connectivity index (χ0n) is 8.46. The number of rotatable bonds is 3. The van der Waals surface area contributed by atoms with Crippen molar-refractivity contribution in [1.29, 1.82) is 0 Å². The van der Waals surface area contributed by atoms with Gasteiger partial charge in [-0.3, -0.25) is 0 Å². The first-order chi connectivity index (χ1) is 7.11. The number of nitrogens with one attached hydrogen (secondary N) is 2. The van der Waals surface area contributed by atoms with E-state index in [1.807, 2.05) is 37.3 Å². The van der Waals surface area contributed by atoms with Gasteiger partial charge in [0.1, 0.15) is 0 Å². The molecule has 1 rings (SSSR count). The topological polar surface area (TPSA) is 24.1 Å². The maximum absolute atomic E-state index is 5.14. The van der Waals surface area contributed by atoms with E-state index in [-0.39, 0.29) is 6.04 Å². The van der Waals surface area contributed by atoms with Gasteiger partial charge in [-0.1, -0.05) is 6.08 Å². The van der Waals surface area contributed by atoms with E-state index in [1.165, 1.54) is 3.57 Å². The van der Waals surface area contributed by atoms with Gasteiger partial charge in [-0.25, -0.2) is 0 Å². The Morgan fingerprint density at radius 1 is 1.47 bits per heavy atom. The molecule has 80 valence electrons. The highest BCUT2D eigenvalue weighted by atomic mass is 127. The van der Waals surface area contributed by atoms with Crippen LogP contribution in [0.5, 0.6) is 0 Å². The van der Waals surface area contributed by atoms with Gasteiger partial charge in [0.05, 0.1) is 0 Å². The summed E-state index contributed by atoms with van der Waals surface area (Å²) in [6.45, 7) is 5.68. The van der Waals surface area contributed by atoms with Crippen LogP contribution in [0.1, 0.15) is 6.92 Å². The second-order valence-corrected chi connectivity index (χ2v) is 4.78. The van der Waals surface area contributed by atoms with Crippen LogP contribution in [0.15, 0.2) is 36.9 Å². The fourth-order valence-electron chi connectivity index (χ4n) is 0.966. The normalized spacial score (nSPS) is 11.6. The smallest absolute Gasteiger partial charge is 0.171 e. The molecule has 0 saturated heterocycles. The van der Waals surface area contributed by atoms with E-state index in [1.54, 1.807) is 0 Å². The lowest BCUT2D eigenvalue weighted by Gasteiger charge is -2.13. The van der Waals surface area contributed by atoms with E-state index >= 15 is 0 Å². The molecule has 4 heteroatoms. The molecule has 0 spiro atoms. The molecule has 15 heavy (non-hydrogen) atoms. The third kappa shape index (κ3) is 4.61. The summed E-state index contributed by atoms with van der Waals surface area (Å²) in [5, 5.41) is 6.81. The Bertz CT molecular complexity index is 348. The summed E-state index contributed by atoms with van der Waals surface area (Å²) in [6.07, 6.45) is 1.81. The quantitative estimate of drug-likeness (QED) is 0.505. The summed E-state index contributed by atoms with van der Waals surface area (Å²) in [7, 11) is 0. The Morgan fingerprint density at radius 3 is 2.60 bits per heavy atom. The molecule has 0 aromatic heterocycles. The van der Waals surface area contributed by atoms with Crippen molar-refractivity contribution in [2.24, 2.45) is 0 Å². The lowest BCUT2D eigenvalue weighted by molar-refractivity contribution is 0.815. The van der Waals surface area contributed by atoms with Crippen molar-refractivity contribution in [3.8, 4) is 0 Å². The molecule has 0 fully saturated rings. The van der Waals surface area contributed by atoms with Crippen LogP contribution in [0.25, 0.3) is 0 Å². The van der Waals surface area contributed by atoms with Gasteiger partial charge in [0.25, 0.3) is 0 Å². The van der Waals surface area contributed by atoms with Crippen molar-refractivity contribution in [2.75, 3.05) is 5.32 Å². The highest BCUT2D eigenvalue weighted by molar-refractivity contribution is 14.1. The molecule has 0 aliphatic heterocycles. The van der Waals surface area contributed by atoms with Crippen LogP contribution in [-0.2, 0) is 0 Å². The summed E-state index contributed by atoms with van der Waals surface area (Å²) in [5.74, 6) is 0. The molecule has 0 aliphatic rings. The Hall–Kier alpha value is -0.620. The van der Waals surface area contributed by atoms with Gasteiger partial charge in [0, 0.05) is 15.3 Å². The first-order valence-corrected chi connectivity index (χ1v) is 6.06. The van der Waals surface area contributed by atoms with Gasteiger partial charge in [-0.05, 0) is 66.0 Å². The van der Waals surface area contributed by atoms with Crippen molar-refractivity contribution in [3.63, 3.8) is 0 Å². The first kappa shape index (κ1) is 12.4. The molecule has 0 saturated carbocycles. The molecule has 2 nitrogen and oxygen atoms in total. The van der Waals surface area contributed by atoms with Crippen LogP contribution in [-0.4, -0.2) is 11.2 Å². The van der Waals surface area contributed by atoms with Crippen LogP contribution in [0.2, 0.25) is 0 Å². The molecule has 0 aliphatic carbocycles. The van der Waals surface area contributed by atoms with Crippen LogP contribution >= 0.6 is 34.8 Å². The minimum absolute atomic E-state index is 0.175. The van der Waals surface area contributed by atoms with Crippen molar-refractivity contribution in [2.45, 2.75) is 13.0 Å². The monoisotopic (exact) mass is 332 g/mol. The van der Waals surface area contributed by atoms with Crippen molar-refractivity contribution in [1.82, 2.24) is 5.32 Å². The van der Waals surface area contributed by atoms with Gasteiger partial charge in [-0.15, -0.1) is 6.58 Å². The maximum Gasteiger partial charge on any atom is 0.171 e. The summed E-state index contributed by atoms with van der Waals surface area (Å²) in [4.78, 5) is 0. The predicted molar refractivity (Wildman–Crippen MR) is 78.2 cm³/mol. The van der Waals surface area contributed by atoms with E-state index in [0.29, 0.717) is 5.11 Å². The third-order valence-corrected chi connectivity index (χ3v) is 2.75. The minimum atomic E-state index is 0.175. The summed E-state index contributed by atoms with van der Waals surface area (Å²) < 4.78 is 1.21. The van der Waals surface area contributed by atoms with E-state index in [9.17, 15) is 0 Å². The molecular weight excluding hydrogens is 319 g/mol. The molecule has 0 amide bonds. The Morgan fingerprint density at radius 2 is 2.07 bits per heavy atom. The lowest BCUT2D eigenvalue weighted by Crippen LogP contribution is -2.34. The first-order valence-electron chi connectivity index (χ1n) is 4.57. The largest absolute Gasteiger partial charge is 0.357 e. The van der Waals surface area contributed by atoms with Crippen molar-refractivity contribution in [3.05, 3.63) is 40.5 Å². The fraction of sp³-hybridized carbons (Fsp3) is 0.182. The summed E-state index contributed by atoms with van der Waals surface area (Å²) in [6, 6.07) is 8.22. The molecule has 1 aromatic carbocycles. The SMILES string of the molecule is C=CC(C)NC(=S)Nc1ccc(I)cc1. The van der Waals surface area contributed by atoms with Crippen LogP contribution in [0.4, 0.5) is 5.69 Å². The third-order valence-electron chi connectivity index (χ3n) is 1.81. The molecular formula is C11H13IN2S. The molecule has 0 radical (unpaired) electrons. The highest BCUT2D eigenvalue weighted by Crippen LogP contribution is 2.10. The number of benzene rings is 1. The molecule has 0 heterocycles. The number of thiocarbonyl (C=S) groups is 1. The van der Waals surface area contributed by atoms with Gasteiger partial charge in [0.15, 0.2) is 5.11 Å². The lowest BCUT2D eigenvalue weighted by atomic mass is 10.3. The van der Waals surface area contributed by atoms with Crippen LogP contribution < -0.4 is 10.6 Å². The number of anilines is 1. The molecule has 1 unspecified atom stereocenters. The fourth-order valence-corrected chi connectivity index (χ4v) is 1.63. The zero-order chi connectivity index (χ0) is 11.3. The molecule has 0 bridgehead atoms. The second-order valence-electron chi connectivity index (χ2n) is 3.13. The van der Waals surface area contributed by atoms with Gasteiger partial charge < -0.3 is 10.6 Å². The van der Waals surface area contributed by atoms with Gasteiger partial charge in [0.2, 0.25) is 0 Å². The Labute approximate surface area is 109 Å². The predicted octanol–water partition coefficient (Wildman–Crippen LogP) is 3.15. The summed E-state index contributed by atoms with van der Waals surface area (Å²) in [5.41, 5.74) is 0.990. The van der Waals surface area contributed by atoms with Gasteiger partial charge in [-0.2, -0.15) is 0 Å². The second kappa shape index (κ2) is 6.07. The van der Waals surface area contributed by atoms with E-state index in [2.05, 4.69) is 39.8 Å². The average Bonchev–Trinajstić information content (AvgIpc) is 2.21. The van der Waals surface area contributed by atoms with Gasteiger partial charge >= 0.3 is 0 Å². The Kier molecular flexibility index (Phi) is 5.04. The number of halogens is 1. The standard InChI is InChI=1S/C11H13IN2S/c1-3-8(2)13-11(15)14-10-6-4-9(12)5-7-10/h3-8H,1H2,2H3,(H2,13,14,15). The maximum atomic E-state index is 5.14. The average molecular weight is 332 g/mol. The molecule has 2 N–H and O–H groups in total. The van der Waals surface area contributed by atoms with Crippen molar-refractivity contribution >= 4 is 45.6 Å². The van der Waals surface area contributed by atoms with E-state index in [4.69, 9.17) is 12.2 Å². The molecule has 1 atom stereocenters. The molecule has 1 aromatic rings. The van der Waals surface area contributed by atoms with E-state index < -0.39 is 0 Å². The van der Waals surface area contributed by atoms with Crippen LogP contribution in [0, 0.1) is 3.57 Å². The van der Waals surface area contributed by atoms with E-state index in [0.717, 1.165) is 5.69 Å². The highest BCUT2D eigenvalue weighted by Gasteiger charge is 1.99. The van der Waals surface area contributed by atoms with Crippen LogP contribution in [0.3, 0.4) is 0 Å². The zero-order valence-corrected chi connectivity index (χ0v) is 11.4.